The third-order valence-corrected chi connectivity index (χ3v) is 2.33. The molecule has 0 aromatic heterocycles. The maximum Gasteiger partial charge on any atom is 0.163 e. The highest BCUT2D eigenvalue weighted by molar-refractivity contribution is 9.10. The minimum Gasteiger partial charge on any atom is -0.294 e. The Morgan fingerprint density at radius 1 is 1.36 bits per heavy atom. The molecule has 2 heteroatoms. The molecule has 1 nitrogen and oxygen atoms in total. The summed E-state index contributed by atoms with van der Waals surface area (Å²) in [6, 6.07) is 7.54. The number of ketones is 1. The summed E-state index contributed by atoms with van der Waals surface area (Å²) in [5.74, 6) is 0.207. The Kier molecular flexibility index (Phi) is 3.48. The molecule has 0 saturated carbocycles. The molecule has 0 atom stereocenters. The van der Waals surface area contributed by atoms with E-state index in [1.54, 1.807) is 0 Å². The molecule has 0 N–H and O–H groups in total. The lowest BCUT2D eigenvalue weighted by atomic mass is 9.88. The van der Waals surface area contributed by atoms with Crippen LogP contribution in [0.3, 0.4) is 0 Å². The molecule has 0 amide bonds. The van der Waals surface area contributed by atoms with Crippen molar-refractivity contribution < 1.29 is 4.79 Å². The molecule has 0 heterocycles. The summed E-state index contributed by atoms with van der Waals surface area (Å²) in [5.41, 5.74) is 0.841. The molecule has 0 fully saturated rings. The smallest absolute Gasteiger partial charge is 0.163 e. The van der Waals surface area contributed by atoms with Crippen molar-refractivity contribution in [3.8, 4) is 0 Å². The van der Waals surface area contributed by atoms with Gasteiger partial charge in [0, 0.05) is 16.5 Å². The molecular weight excluding hydrogens is 240 g/mol. The number of benzene rings is 1. The van der Waals surface area contributed by atoms with Gasteiger partial charge in [-0.3, -0.25) is 4.79 Å². The highest BCUT2D eigenvalue weighted by Gasteiger charge is 2.17. The maximum absolute atomic E-state index is 11.8. The third-order valence-electron chi connectivity index (χ3n) is 1.84. The van der Waals surface area contributed by atoms with Gasteiger partial charge in [-0.15, -0.1) is 0 Å². The van der Waals surface area contributed by atoms with Crippen LogP contribution in [0.15, 0.2) is 28.7 Å². The summed E-state index contributed by atoms with van der Waals surface area (Å²) < 4.78 is 0.956. The second kappa shape index (κ2) is 4.26. The predicted octanol–water partition coefficient (Wildman–Crippen LogP) is 4.07. The van der Waals surface area contributed by atoms with Gasteiger partial charge >= 0.3 is 0 Å². The maximum atomic E-state index is 11.8. The Balaban J connectivity index is 2.80. The number of halogens is 1. The molecule has 0 spiro atoms. The van der Waals surface area contributed by atoms with Crippen LogP contribution in [0.1, 0.15) is 37.6 Å². The SMILES string of the molecule is CC(C)(C)CC(=O)c1cccc(Br)c1. The van der Waals surface area contributed by atoms with E-state index in [4.69, 9.17) is 0 Å². The summed E-state index contributed by atoms with van der Waals surface area (Å²) in [6.45, 7) is 6.22. The van der Waals surface area contributed by atoms with Crippen LogP contribution in [0.5, 0.6) is 0 Å². The first kappa shape index (κ1) is 11.4. The molecule has 0 aliphatic carbocycles. The summed E-state index contributed by atoms with van der Waals surface area (Å²) in [6.07, 6.45) is 0.587. The molecule has 1 rings (SSSR count). The molecule has 1 aromatic rings. The largest absolute Gasteiger partial charge is 0.294 e. The van der Waals surface area contributed by atoms with Crippen molar-refractivity contribution in [3.05, 3.63) is 34.3 Å². The van der Waals surface area contributed by atoms with Gasteiger partial charge < -0.3 is 0 Å². The zero-order valence-electron chi connectivity index (χ0n) is 8.80. The molecule has 0 saturated heterocycles. The van der Waals surface area contributed by atoms with Crippen molar-refractivity contribution in [2.45, 2.75) is 27.2 Å². The molecule has 14 heavy (non-hydrogen) atoms. The molecule has 76 valence electrons. The first-order valence-electron chi connectivity index (χ1n) is 4.67. The molecule has 0 bridgehead atoms. The number of carbonyl (C=O) groups excluding carboxylic acids is 1. The van der Waals surface area contributed by atoms with E-state index in [9.17, 15) is 4.79 Å². The van der Waals surface area contributed by atoms with Gasteiger partial charge in [-0.2, -0.15) is 0 Å². The average Bonchev–Trinajstić information content (AvgIpc) is 2.01. The number of hydrogen-bond donors (Lipinski definition) is 0. The molecule has 0 aliphatic rings. The zero-order chi connectivity index (χ0) is 10.8. The minimum atomic E-state index is 0.0550. The summed E-state index contributed by atoms with van der Waals surface area (Å²) in [5, 5.41) is 0. The van der Waals surface area contributed by atoms with Crippen LogP contribution in [0.4, 0.5) is 0 Å². The topological polar surface area (TPSA) is 17.1 Å². The van der Waals surface area contributed by atoms with E-state index < -0.39 is 0 Å². The lowest BCUT2D eigenvalue weighted by molar-refractivity contribution is 0.0940. The molecular formula is C12H15BrO. The first-order valence-corrected chi connectivity index (χ1v) is 5.46. The van der Waals surface area contributed by atoms with Gasteiger partial charge in [-0.1, -0.05) is 48.8 Å². The molecule has 0 aliphatic heterocycles. The third kappa shape index (κ3) is 3.62. The van der Waals surface area contributed by atoms with E-state index >= 15 is 0 Å². The molecule has 1 aromatic carbocycles. The standard InChI is InChI=1S/C12H15BrO/c1-12(2,3)8-11(14)9-5-4-6-10(13)7-9/h4-7H,8H2,1-3H3. The second-order valence-electron chi connectivity index (χ2n) is 4.67. The fourth-order valence-electron chi connectivity index (χ4n) is 1.25. The van der Waals surface area contributed by atoms with Gasteiger partial charge in [0.25, 0.3) is 0 Å². The summed E-state index contributed by atoms with van der Waals surface area (Å²) in [7, 11) is 0. The van der Waals surface area contributed by atoms with E-state index in [0.717, 1.165) is 10.0 Å². The quantitative estimate of drug-likeness (QED) is 0.728. The lowest BCUT2D eigenvalue weighted by Gasteiger charge is -2.16. The van der Waals surface area contributed by atoms with E-state index in [1.807, 2.05) is 24.3 Å². The number of rotatable bonds is 2. The molecule has 0 radical (unpaired) electrons. The molecule has 0 unspecified atom stereocenters. The Morgan fingerprint density at radius 2 is 2.00 bits per heavy atom. The van der Waals surface area contributed by atoms with E-state index in [0.29, 0.717) is 6.42 Å². The first-order chi connectivity index (χ1) is 6.38. The van der Waals surface area contributed by atoms with Gasteiger partial charge in [0.15, 0.2) is 5.78 Å². The van der Waals surface area contributed by atoms with Crippen molar-refractivity contribution >= 4 is 21.7 Å². The Labute approximate surface area is 93.7 Å². The van der Waals surface area contributed by atoms with Crippen LogP contribution < -0.4 is 0 Å². The van der Waals surface area contributed by atoms with Crippen LogP contribution >= 0.6 is 15.9 Å². The van der Waals surface area contributed by atoms with Crippen LogP contribution in [-0.2, 0) is 0 Å². The van der Waals surface area contributed by atoms with Gasteiger partial charge in [0.05, 0.1) is 0 Å². The number of hydrogen-bond acceptors (Lipinski definition) is 1. The normalized spacial score (nSPS) is 11.4. The van der Waals surface area contributed by atoms with Crippen LogP contribution in [-0.4, -0.2) is 5.78 Å². The zero-order valence-corrected chi connectivity index (χ0v) is 10.4. The van der Waals surface area contributed by atoms with Crippen LogP contribution in [0.2, 0.25) is 0 Å². The van der Waals surface area contributed by atoms with E-state index in [-0.39, 0.29) is 11.2 Å². The fraction of sp³-hybridized carbons (Fsp3) is 0.417. The van der Waals surface area contributed by atoms with E-state index in [1.165, 1.54) is 0 Å². The average molecular weight is 255 g/mol. The lowest BCUT2D eigenvalue weighted by Crippen LogP contribution is -2.12. The van der Waals surface area contributed by atoms with Crippen molar-refractivity contribution in [2.24, 2.45) is 5.41 Å². The highest BCUT2D eigenvalue weighted by Crippen LogP contribution is 2.22. The number of Topliss-reactive ketones (excluding diaryl/α,β-unsaturated/α-hetero) is 1. The van der Waals surface area contributed by atoms with Gasteiger partial charge in [0.1, 0.15) is 0 Å². The number of carbonyl (C=O) groups is 1. The fourth-order valence-corrected chi connectivity index (χ4v) is 1.64. The Bertz CT molecular complexity index is 336. The monoisotopic (exact) mass is 254 g/mol. The minimum absolute atomic E-state index is 0.0550. The van der Waals surface area contributed by atoms with Crippen molar-refractivity contribution in [1.82, 2.24) is 0 Å². The van der Waals surface area contributed by atoms with Crippen LogP contribution in [0.25, 0.3) is 0 Å². The van der Waals surface area contributed by atoms with Gasteiger partial charge in [0.2, 0.25) is 0 Å². The Hall–Kier alpha value is -0.630. The van der Waals surface area contributed by atoms with Crippen molar-refractivity contribution in [2.75, 3.05) is 0 Å². The van der Waals surface area contributed by atoms with Gasteiger partial charge in [-0.25, -0.2) is 0 Å². The van der Waals surface area contributed by atoms with Crippen LogP contribution in [0, 0.1) is 5.41 Å². The second-order valence-corrected chi connectivity index (χ2v) is 5.59. The predicted molar refractivity (Wildman–Crippen MR) is 62.5 cm³/mol. The summed E-state index contributed by atoms with van der Waals surface area (Å²) in [4.78, 5) is 11.8. The van der Waals surface area contributed by atoms with Crippen molar-refractivity contribution in [3.63, 3.8) is 0 Å². The Morgan fingerprint density at radius 3 is 2.50 bits per heavy atom. The summed E-state index contributed by atoms with van der Waals surface area (Å²) >= 11 is 3.36. The van der Waals surface area contributed by atoms with E-state index in [2.05, 4.69) is 36.7 Å². The van der Waals surface area contributed by atoms with Gasteiger partial charge in [-0.05, 0) is 17.5 Å². The van der Waals surface area contributed by atoms with Crippen molar-refractivity contribution in [1.29, 1.82) is 0 Å². The highest BCUT2D eigenvalue weighted by atomic mass is 79.9.